The Labute approximate surface area is 161 Å². The van der Waals surface area contributed by atoms with Crippen LogP contribution in [0.15, 0.2) is 59.5 Å². The van der Waals surface area contributed by atoms with Crippen molar-refractivity contribution in [1.82, 2.24) is 9.80 Å². The topological polar surface area (TPSA) is 23.6 Å². The molecule has 2 aromatic carbocycles. The standard InChI is InChI=1S/C22H28N2OS/c1-3-23(4-2)16-22(25)24-15-19-12-8-9-13-21(19)26-17-20(24)14-18-10-6-5-7-11-18/h5-13,20H,3-4,14-17H2,1-2H3/t20-/m1/s1. The van der Waals surface area contributed by atoms with Crippen LogP contribution >= 0.6 is 11.8 Å². The number of amides is 1. The van der Waals surface area contributed by atoms with Gasteiger partial charge in [-0.1, -0.05) is 62.4 Å². The number of hydrogen-bond donors (Lipinski definition) is 0. The first kappa shape index (κ1) is 19.0. The highest BCUT2D eigenvalue weighted by Gasteiger charge is 2.28. The van der Waals surface area contributed by atoms with Crippen LogP contribution in [0.5, 0.6) is 0 Å². The summed E-state index contributed by atoms with van der Waals surface area (Å²) in [6.45, 7) is 7.26. The predicted molar refractivity (Wildman–Crippen MR) is 109 cm³/mol. The van der Waals surface area contributed by atoms with Crippen LogP contribution in [-0.2, 0) is 17.8 Å². The minimum atomic E-state index is 0.220. The Bertz CT molecular complexity index is 715. The van der Waals surface area contributed by atoms with Crippen LogP contribution in [0.3, 0.4) is 0 Å². The van der Waals surface area contributed by atoms with E-state index in [0.29, 0.717) is 13.1 Å². The summed E-state index contributed by atoms with van der Waals surface area (Å²) in [5, 5.41) is 0. The van der Waals surface area contributed by atoms with E-state index < -0.39 is 0 Å². The fourth-order valence-corrected chi connectivity index (χ4v) is 4.60. The van der Waals surface area contributed by atoms with E-state index in [1.807, 2.05) is 17.8 Å². The van der Waals surface area contributed by atoms with E-state index >= 15 is 0 Å². The Kier molecular flexibility index (Phi) is 6.75. The zero-order valence-corrected chi connectivity index (χ0v) is 16.5. The Morgan fingerprint density at radius 2 is 1.77 bits per heavy atom. The zero-order chi connectivity index (χ0) is 18.4. The van der Waals surface area contributed by atoms with Crippen LogP contribution in [0.2, 0.25) is 0 Å². The number of rotatable bonds is 6. The molecule has 3 nitrogen and oxygen atoms in total. The first-order valence-corrected chi connectivity index (χ1v) is 10.5. The van der Waals surface area contributed by atoms with Crippen LogP contribution in [0.25, 0.3) is 0 Å². The van der Waals surface area contributed by atoms with Gasteiger partial charge in [0.05, 0.1) is 6.54 Å². The second kappa shape index (κ2) is 9.24. The molecule has 0 aromatic heterocycles. The minimum absolute atomic E-state index is 0.220. The smallest absolute Gasteiger partial charge is 0.237 e. The molecule has 138 valence electrons. The summed E-state index contributed by atoms with van der Waals surface area (Å²) in [4.78, 5) is 18.8. The maximum atomic E-state index is 13.2. The van der Waals surface area contributed by atoms with Gasteiger partial charge in [-0.05, 0) is 36.7 Å². The molecule has 0 radical (unpaired) electrons. The molecular weight excluding hydrogens is 340 g/mol. The molecule has 0 saturated carbocycles. The van der Waals surface area contributed by atoms with Gasteiger partial charge in [-0.2, -0.15) is 0 Å². The molecule has 0 aliphatic carbocycles. The average molecular weight is 369 g/mol. The number of nitrogens with zero attached hydrogens (tertiary/aromatic N) is 2. The molecule has 0 fully saturated rings. The van der Waals surface area contributed by atoms with Crippen LogP contribution in [0.1, 0.15) is 25.0 Å². The van der Waals surface area contributed by atoms with E-state index in [1.165, 1.54) is 16.0 Å². The average Bonchev–Trinajstić information content (AvgIpc) is 2.86. The predicted octanol–water partition coefficient (Wildman–Crippen LogP) is 4.07. The van der Waals surface area contributed by atoms with Gasteiger partial charge in [0, 0.05) is 23.2 Å². The molecule has 1 amide bonds. The van der Waals surface area contributed by atoms with Gasteiger partial charge in [-0.25, -0.2) is 0 Å². The Morgan fingerprint density at radius 1 is 1.08 bits per heavy atom. The number of hydrogen-bond acceptors (Lipinski definition) is 3. The lowest BCUT2D eigenvalue weighted by molar-refractivity contribution is -0.135. The molecule has 1 atom stereocenters. The van der Waals surface area contributed by atoms with Gasteiger partial charge in [0.15, 0.2) is 0 Å². The van der Waals surface area contributed by atoms with E-state index in [9.17, 15) is 4.79 Å². The molecule has 2 aromatic rings. The first-order valence-electron chi connectivity index (χ1n) is 9.47. The third-order valence-corrected chi connectivity index (χ3v) is 6.33. The van der Waals surface area contributed by atoms with Crippen LogP contribution < -0.4 is 0 Å². The number of carbonyl (C=O) groups is 1. The molecular formula is C22H28N2OS. The highest BCUT2D eigenvalue weighted by atomic mass is 32.2. The third-order valence-electron chi connectivity index (χ3n) is 5.07. The number of likely N-dealkylation sites (N-methyl/N-ethyl adjacent to an activating group) is 1. The monoisotopic (exact) mass is 368 g/mol. The molecule has 26 heavy (non-hydrogen) atoms. The van der Waals surface area contributed by atoms with E-state index in [-0.39, 0.29) is 11.9 Å². The molecule has 1 aliphatic rings. The van der Waals surface area contributed by atoms with Crippen molar-refractivity contribution in [3.63, 3.8) is 0 Å². The number of benzene rings is 2. The van der Waals surface area contributed by atoms with Crippen molar-refractivity contribution in [2.24, 2.45) is 0 Å². The van der Waals surface area contributed by atoms with Gasteiger partial charge in [0.2, 0.25) is 5.91 Å². The highest BCUT2D eigenvalue weighted by Crippen LogP contribution is 2.31. The van der Waals surface area contributed by atoms with Gasteiger partial charge in [-0.3, -0.25) is 9.69 Å². The highest BCUT2D eigenvalue weighted by molar-refractivity contribution is 7.99. The van der Waals surface area contributed by atoms with Gasteiger partial charge >= 0.3 is 0 Å². The van der Waals surface area contributed by atoms with Crippen LogP contribution in [0, 0.1) is 0 Å². The van der Waals surface area contributed by atoms with E-state index in [2.05, 4.69) is 72.2 Å². The summed E-state index contributed by atoms with van der Waals surface area (Å²) in [5.74, 6) is 1.18. The second-order valence-electron chi connectivity index (χ2n) is 6.75. The van der Waals surface area contributed by atoms with Gasteiger partial charge in [0.1, 0.15) is 0 Å². The van der Waals surface area contributed by atoms with Crippen LogP contribution in [-0.4, -0.2) is 47.1 Å². The van der Waals surface area contributed by atoms with Crippen molar-refractivity contribution in [2.45, 2.75) is 37.8 Å². The van der Waals surface area contributed by atoms with Crippen molar-refractivity contribution < 1.29 is 4.79 Å². The molecule has 0 N–H and O–H groups in total. The van der Waals surface area contributed by atoms with Crippen molar-refractivity contribution in [3.8, 4) is 0 Å². The number of carbonyl (C=O) groups excluding carboxylic acids is 1. The summed E-state index contributed by atoms with van der Waals surface area (Å²) < 4.78 is 0. The normalized spacial score (nSPS) is 17.0. The van der Waals surface area contributed by atoms with Crippen molar-refractivity contribution >= 4 is 17.7 Å². The van der Waals surface area contributed by atoms with Gasteiger partial charge in [-0.15, -0.1) is 11.8 Å². The summed E-state index contributed by atoms with van der Waals surface area (Å²) in [6, 6.07) is 19.2. The Morgan fingerprint density at radius 3 is 2.50 bits per heavy atom. The summed E-state index contributed by atoms with van der Waals surface area (Å²) >= 11 is 1.88. The Balaban J connectivity index is 1.84. The fourth-order valence-electron chi connectivity index (χ4n) is 3.44. The fraction of sp³-hybridized carbons (Fsp3) is 0.409. The van der Waals surface area contributed by atoms with E-state index in [1.54, 1.807) is 0 Å². The summed E-state index contributed by atoms with van der Waals surface area (Å²) in [7, 11) is 0. The lowest BCUT2D eigenvalue weighted by Gasteiger charge is -2.32. The Hall–Kier alpha value is -1.78. The van der Waals surface area contributed by atoms with Gasteiger partial charge < -0.3 is 4.90 Å². The quantitative estimate of drug-likeness (QED) is 0.768. The molecule has 0 unspecified atom stereocenters. The SMILES string of the molecule is CCN(CC)CC(=O)N1Cc2ccccc2SC[C@H]1Cc1ccccc1. The molecule has 0 bridgehead atoms. The lowest BCUT2D eigenvalue weighted by Crippen LogP contribution is -2.46. The largest absolute Gasteiger partial charge is 0.333 e. The lowest BCUT2D eigenvalue weighted by atomic mass is 10.0. The third kappa shape index (κ3) is 4.68. The number of fused-ring (bicyclic) bond motifs is 1. The van der Waals surface area contributed by atoms with Crippen molar-refractivity contribution in [2.75, 3.05) is 25.4 Å². The van der Waals surface area contributed by atoms with E-state index in [0.717, 1.165) is 25.3 Å². The first-order chi connectivity index (χ1) is 12.7. The maximum Gasteiger partial charge on any atom is 0.237 e. The van der Waals surface area contributed by atoms with E-state index in [4.69, 9.17) is 0 Å². The molecule has 0 saturated heterocycles. The van der Waals surface area contributed by atoms with Crippen molar-refractivity contribution in [1.29, 1.82) is 0 Å². The summed E-state index contributed by atoms with van der Waals surface area (Å²) in [5.41, 5.74) is 2.56. The molecule has 0 spiro atoms. The number of thioether (sulfide) groups is 1. The summed E-state index contributed by atoms with van der Waals surface area (Å²) in [6.07, 6.45) is 0.909. The van der Waals surface area contributed by atoms with Crippen LogP contribution in [0.4, 0.5) is 0 Å². The molecule has 1 aliphatic heterocycles. The maximum absolute atomic E-state index is 13.2. The van der Waals surface area contributed by atoms with Gasteiger partial charge in [0.25, 0.3) is 0 Å². The molecule has 3 rings (SSSR count). The zero-order valence-electron chi connectivity index (χ0n) is 15.7. The molecule has 1 heterocycles. The second-order valence-corrected chi connectivity index (χ2v) is 7.81. The van der Waals surface area contributed by atoms with Crippen molar-refractivity contribution in [3.05, 3.63) is 65.7 Å². The molecule has 4 heteroatoms. The minimum Gasteiger partial charge on any atom is -0.333 e.